The Morgan fingerprint density at radius 3 is 2.00 bits per heavy atom. The van der Waals surface area contributed by atoms with Gasteiger partial charge in [-0.1, -0.05) is 0 Å². The highest BCUT2D eigenvalue weighted by atomic mass is 16.4. The summed E-state index contributed by atoms with van der Waals surface area (Å²) in [5.74, 6) is 0. The number of hydrogen-bond donors (Lipinski definition) is 4. The topological polar surface area (TPSA) is 101 Å². The highest BCUT2D eigenvalue weighted by Crippen LogP contribution is 1.96. The fourth-order valence-corrected chi connectivity index (χ4v) is 0.844. The molecule has 1 saturated heterocycles. The smallest absolute Gasteiger partial charge is 0.402 e. The molecule has 0 unspecified atom stereocenters. The van der Waals surface area contributed by atoms with E-state index in [1.165, 1.54) is 0 Å². The van der Waals surface area contributed by atoms with Crippen molar-refractivity contribution in [2.75, 3.05) is 13.1 Å². The van der Waals surface area contributed by atoms with Gasteiger partial charge in [0.05, 0.1) is 0 Å². The largest absolute Gasteiger partial charge is 0.465 e. The number of amides is 1. The van der Waals surface area contributed by atoms with E-state index in [9.17, 15) is 0 Å². The molecule has 11 heavy (non-hydrogen) atoms. The van der Waals surface area contributed by atoms with Gasteiger partial charge in [-0.2, -0.15) is 0 Å². The van der Waals surface area contributed by atoms with Crippen LogP contribution in [0.2, 0.25) is 0 Å². The molecule has 0 aliphatic carbocycles. The van der Waals surface area contributed by atoms with Gasteiger partial charge >= 0.3 is 6.09 Å². The molecule has 66 valence electrons. The van der Waals surface area contributed by atoms with Gasteiger partial charge in [0.1, 0.15) is 0 Å². The number of nitrogens with two attached hydrogens (primary N) is 2. The third-order valence-corrected chi connectivity index (χ3v) is 1.38. The van der Waals surface area contributed by atoms with Crippen molar-refractivity contribution in [3.05, 3.63) is 0 Å². The summed E-state index contributed by atoms with van der Waals surface area (Å²) in [6.45, 7) is 2.22. The van der Waals surface area contributed by atoms with Crippen LogP contribution in [0.25, 0.3) is 0 Å². The first kappa shape index (κ1) is 10.2. The maximum absolute atomic E-state index is 8.78. The third-order valence-electron chi connectivity index (χ3n) is 1.38. The van der Waals surface area contributed by atoms with E-state index in [1.54, 1.807) is 0 Å². The van der Waals surface area contributed by atoms with Crippen LogP contribution in [0, 0.1) is 0 Å². The highest BCUT2D eigenvalue weighted by Gasteiger charge is 2.05. The normalized spacial score (nSPS) is 18.3. The summed E-state index contributed by atoms with van der Waals surface area (Å²) in [6, 6.07) is 0.473. The Morgan fingerprint density at radius 1 is 1.45 bits per heavy atom. The van der Waals surface area contributed by atoms with E-state index < -0.39 is 6.09 Å². The SMILES string of the molecule is NC(=O)O.NC1CCNCC1. The van der Waals surface area contributed by atoms with Crippen LogP contribution in [-0.2, 0) is 0 Å². The van der Waals surface area contributed by atoms with Gasteiger partial charge in [-0.25, -0.2) is 4.79 Å². The standard InChI is InChI=1S/C5H12N2.CH3NO2/c6-5-1-3-7-4-2-5;2-1(3)4/h5,7H,1-4,6H2;2H2,(H,3,4). The third kappa shape index (κ3) is 9.19. The molecule has 1 amide bonds. The minimum absolute atomic E-state index is 0.473. The average Bonchev–Trinajstić information content (AvgIpc) is 1.87. The molecule has 0 aromatic rings. The lowest BCUT2D eigenvalue weighted by molar-refractivity contribution is 0.205. The number of nitrogens with one attached hydrogen (secondary N) is 1. The van der Waals surface area contributed by atoms with Crippen molar-refractivity contribution in [2.45, 2.75) is 18.9 Å². The van der Waals surface area contributed by atoms with Crippen LogP contribution in [0.1, 0.15) is 12.8 Å². The van der Waals surface area contributed by atoms with Crippen LogP contribution in [0.5, 0.6) is 0 Å². The number of carboxylic acid groups (broad SMARTS) is 1. The quantitative estimate of drug-likeness (QED) is 0.378. The van der Waals surface area contributed by atoms with Gasteiger partial charge in [0.25, 0.3) is 0 Å². The molecule has 1 heterocycles. The van der Waals surface area contributed by atoms with Crippen molar-refractivity contribution < 1.29 is 9.90 Å². The van der Waals surface area contributed by atoms with Gasteiger partial charge in [-0.3, -0.25) is 0 Å². The Kier molecular flexibility index (Phi) is 5.50. The fourth-order valence-electron chi connectivity index (χ4n) is 0.844. The molecule has 0 spiro atoms. The monoisotopic (exact) mass is 161 g/mol. The van der Waals surface area contributed by atoms with Crippen molar-refractivity contribution in [3.8, 4) is 0 Å². The second-order valence-corrected chi connectivity index (χ2v) is 2.43. The molecule has 1 aliphatic rings. The zero-order valence-electron chi connectivity index (χ0n) is 6.42. The summed E-state index contributed by atoms with van der Waals surface area (Å²) in [5, 5.41) is 10.4. The Bertz CT molecular complexity index is 108. The molecule has 0 bridgehead atoms. The summed E-state index contributed by atoms with van der Waals surface area (Å²) in [5.41, 5.74) is 9.62. The van der Waals surface area contributed by atoms with Crippen molar-refractivity contribution >= 4 is 6.09 Å². The predicted octanol–water partition coefficient (Wildman–Crippen LogP) is -0.680. The maximum atomic E-state index is 8.78. The molecule has 0 aromatic carbocycles. The molecule has 0 radical (unpaired) electrons. The molecule has 0 aromatic heterocycles. The molecule has 1 rings (SSSR count). The van der Waals surface area contributed by atoms with Crippen LogP contribution >= 0.6 is 0 Å². The number of primary amides is 1. The number of carbonyl (C=O) groups is 1. The number of rotatable bonds is 0. The summed E-state index contributed by atoms with van der Waals surface area (Å²) in [7, 11) is 0. The molecule has 1 fully saturated rings. The van der Waals surface area contributed by atoms with Gasteiger partial charge < -0.3 is 21.9 Å². The molecular weight excluding hydrogens is 146 g/mol. The van der Waals surface area contributed by atoms with Crippen LogP contribution in [0.3, 0.4) is 0 Å². The molecule has 0 atom stereocenters. The minimum atomic E-state index is -1.33. The lowest BCUT2D eigenvalue weighted by atomic mass is 10.1. The molecule has 1 aliphatic heterocycles. The lowest BCUT2D eigenvalue weighted by Gasteiger charge is -2.17. The van der Waals surface area contributed by atoms with Crippen molar-refractivity contribution in [1.29, 1.82) is 0 Å². The second kappa shape index (κ2) is 5.94. The maximum Gasteiger partial charge on any atom is 0.402 e. The van der Waals surface area contributed by atoms with Crippen molar-refractivity contribution in [3.63, 3.8) is 0 Å². The van der Waals surface area contributed by atoms with Crippen LogP contribution in [-0.4, -0.2) is 30.3 Å². The van der Waals surface area contributed by atoms with Gasteiger partial charge in [0, 0.05) is 6.04 Å². The van der Waals surface area contributed by atoms with Gasteiger partial charge in [-0.05, 0) is 25.9 Å². The van der Waals surface area contributed by atoms with Gasteiger partial charge in [-0.15, -0.1) is 0 Å². The number of hydrogen-bond acceptors (Lipinski definition) is 3. The zero-order chi connectivity index (χ0) is 8.69. The van der Waals surface area contributed by atoms with E-state index in [1.807, 2.05) is 0 Å². The highest BCUT2D eigenvalue weighted by molar-refractivity contribution is 5.61. The van der Waals surface area contributed by atoms with E-state index in [-0.39, 0.29) is 0 Å². The second-order valence-electron chi connectivity index (χ2n) is 2.43. The first-order valence-corrected chi connectivity index (χ1v) is 3.57. The number of piperidine rings is 1. The Hall–Kier alpha value is -0.810. The summed E-state index contributed by atoms with van der Waals surface area (Å²) in [6.07, 6.45) is 0.972. The van der Waals surface area contributed by atoms with E-state index in [4.69, 9.17) is 15.6 Å². The van der Waals surface area contributed by atoms with Crippen LogP contribution < -0.4 is 16.8 Å². The first-order chi connectivity index (χ1) is 5.13. The minimum Gasteiger partial charge on any atom is -0.465 e. The van der Waals surface area contributed by atoms with Gasteiger partial charge in [0.15, 0.2) is 0 Å². The van der Waals surface area contributed by atoms with E-state index >= 15 is 0 Å². The Balaban J connectivity index is 0.000000218. The average molecular weight is 161 g/mol. The van der Waals surface area contributed by atoms with Crippen molar-refractivity contribution in [2.24, 2.45) is 11.5 Å². The first-order valence-electron chi connectivity index (χ1n) is 3.57. The lowest BCUT2D eigenvalue weighted by Crippen LogP contribution is -2.35. The van der Waals surface area contributed by atoms with E-state index in [2.05, 4.69) is 11.1 Å². The fraction of sp³-hybridized carbons (Fsp3) is 0.833. The molecule has 5 nitrogen and oxygen atoms in total. The molecule has 6 N–H and O–H groups in total. The molecule has 0 saturated carbocycles. The Morgan fingerprint density at radius 2 is 1.82 bits per heavy atom. The Labute approximate surface area is 65.7 Å². The predicted molar refractivity (Wildman–Crippen MR) is 42.3 cm³/mol. The summed E-state index contributed by atoms with van der Waals surface area (Å²) < 4.78 is 0. The van der Waals surface area contributed by atoms with Gasteiger partial charge in [0.2, 0.25) is 0 Å². The van der Waals surface area contributed by atoms with Crippen molar-refractivity contribution in [1.82, 2.24) is 5.32 Å². The van der Waals surface area contributed by atoms with E-state index in [0.717, 1.165) is 25.9 Å². The zero-order valence-corrected chi connectivity index (χ0v) is 6.42. The summed E-state index contributed by atoms with van der Waals surface area (Å²) >= 11 is 0. The van der Waals surface area contributed by atoms with Crippen LogP contribution in [0.4, 0.5) is 4.79 Å². The van der Waals surface area contributed by atoms with Crippen LogP contribution in [0.15, 0.2) is 0 Å². The summed E-state index contributed by atoms with van der Waals surface area (Å²) in [4.78, 5) is 8.78. The molecule has 5 heteroatoms. The molecular formula is C6H15N3O2. The van der Waals surface area contributed by atoms with E-state index in [0.29, 0.717) is 6.04 Å².